The van der Waals surface area contributed by atoms with Crippen molar-refractivity contribution < 1.29 is 13.2 Å². The summed E-state index contributed by atoms with van der Waals surface area (Å²) >= 11 is 0. The highest BCUT2D eigenvalue weighted by molar-refractivity contribution is 7.93. The first kappa shape index (κ1) is 17.7. The Labute approximate surface area is 149 Å². The Morgan fingerprint density at radius 3 is 2.72 bits per heavy atom. The molecular formula is C18H23N3O3S. The number of nitrogens with zero attached hydrogens (tertiary/aromatic N) is 3. The monoisotopic (exact) mass is 361 g/mol. The summed E-state index contributed by atoms with van der Waals surface area (Å²) in [5.41, 5.74) is 0.662. The Kier molecular flexibility index (Phi) is 4.50. The molecule has 1 fully saturated rings. The van der Waals surface area contributed by atoms with Crippen molar-refractivity contribution in [3.63, 3.8) is 0 Å². The van der Waals surface area contributed by atoms with Gasteiger partial charge in [0.1, 0.15) is 5.41 Å². The number of benzene rings is 1. The minimum atomic E-state index is -3.54. The SMILES string of the molecule is CC(C)(C#N)C(=O)N1CCC[C@@H](S(=O)(=O)N2CCc3ccccc32)C1. The average Bonchev–Trinajstić information content (AvgIpc) is 3.06. The minimum Gasteiger partial charge on any atom is -0.340 e. The summed E-state index contributed by atoms with van der Waals surface area (Å²) in [5.74, 6) is -0.295. The number of likely N-dealkylation sites (tertiary alicyclic amines) is 1. The lowest BCUT2D eigenvalue weighted by Gasteiger charge is -2.37. The summed E-state index contributed by atoms with van der Waals surface area (Å²) in [6, 6.07) is 9.56. The van der Waals surface area contributed by atoms with Crippen molar-refractivity contribution in [3.8, 4) is 6.07 Å². The predicted octanol–water partition coefficient (Wildman–Crippen LogP) is 1.92. The third-order valence-corrected chi connectivity index (χ3v) is 7.27. The molecule has 0 N–H and O–H groups in total. The number of amides is 1. The van der Waals surface area contributed by atoms with Gasteiger partial charge in [-0.2, -0.15) is 5.26 Å². The molecule has 1 amide bonds. The molecule has 0 bridgehead atoms. The van der Waals surface area contributed by atoms with Crippen LogP contribution in [0.2, 0.25) is 0 Å². The minimum absolute atomic E-state index is 0.158. The van der Waals surface area contributed by atoms with Gasteiger partial charge in [0.2, 0.25) is 15.9 Å². The van der Waals surface area contributed by atoms with Gasteiger partial charge in [-0.1, -0.05) is 18.2 Å². The topological polar surface area (TPSA) is 81.5 Å². The van der Waals surface area contributed by atoms with E-state index in [2.05, 4.69) is 0 Å². The van der Waals surface area contributed by atoms with Crippen LogP contribution in [-0.2, 0) is 21.2 Å². The van der Waals surface area contributed by atoms with E-state index in [1.165, 1.54) is 9.21 Å². The number of para-hydroxylation sites is 1. The number of nitriles is 1. The summed E-state index contributed by atoms with van der Waals surface area (Å²) in [7, 11) is -3.54. The van der Waals surface area contributed by atoms with Gasteiger partial charge in [-0.15, -0.1) is 0 Å². The van der Waals surface area contributed by atoms with E-state index in [1.807, 2.05) is 30.3 Å². The Bertz CT molecular complexity index is 826. The van der Waals surface area contributed by atoms with Crippen LogP contribution in [0.4, 0.5) is 5.69 Å². The number of fused-ring (bicyclic) bond motifs is 1. The van der Waals surface area contributed by atoms with E-state index in [0.29, 0.717) is 32.4 Å². The molecule has 1 atom stereocenters. The second-order valence-electron chi connectivity index (χ2n) is 7.25. The molecule has 6 nitrogen and oxygen atoms in total. The zero-order valence-corrected chi connectivity index (χ0v) is 15.4. The van der Waals surface area contributed by atoms with Crippen LogP contribution in [0.3, 0.4) is 0 Å². The lowest BCUT2D eigenvalue weighted by Crippen LogP contribution is -2.52. The lowest BCUT2D eigenvalue weighted by molar-refractivity contribution is -0.138. The van der Waals surface area contributed by atoms with Gasteiger partial charge in [-0.3, -0.25) is 9.10 Å². The maximum atomic E-state index is 13.2. The number of rotatable bonds is 3. The first-order valence-electron chi connectivity index (χ1n) is 8.57. The number of anilines is 1. The number of hydrogen-bond donors (Lipinski definition) is 0. The van der Waals surface area contributed by atoms with Crippen LogP contribution in [0.15, 0.2) is 24.3 Å². The molecule has 1 aromatic rings. The number of hydrogen-bond acceptors (Lipinski definition) is 4. The third-order valence-electron chi connectivity index (χ3n) is 5.05. The Hall–Kier alpha value is -2.07. The van der Waals surface area contributed by atoms with Crippen molar-refractivity contribution in [2.45, 2.75) is 38.4 Å². The van der Waals surface area contributed by atoms with Gasteiger partial charge in [0, 0.05) is 19.6 Å². The Balaban J connectivity index is 1.82. The molecule has 0 aliphatic carbocycles. The molecule has 7 heteroatoms. The fourth-order valence-electron chi connectivity index (χ4n) is 3.56. The second kappa shape index (κ2) is 6.34. The summed E-state index contributed by atoms with van der Waals surface area (Å²) < 4.78 is 27.8. The second-order valence-corrected chi connectivity index (χ2v) is 9.39. The Morgan fingerprint density at radius 1 is 1.28 bits per heavy atom. The summed E-state index contributed by atoms with van der Waals surface area (Å²) in [5, 5.41) is 8.56. The highest BCUT2D eigenvalue weighted by Gasteiger charge is 2.41. The molecule has 0 unspecified atom stereocenters. The van der Waals surface area contributed by atoms with E-state index in [4.69, 9.17) is 0 Å². The van der Waals surface area contributed by atoms with Crippen LogP contribution in [0.5, 0.6) is 0 Å². The molecule has 134 valence electrons. The largest absolute Gasteiger partial charge is 0.340 e. The van der Waals surface area contributed by atoms with Gasteiger partial charge in [-0.25, -0.2) is 8.42 Å². The van der Waals surface area contributed by atoms with Gasteiger partial charge >= 0.3 is 0 Å². The maximum Gasteiger partial charge on any atom is 0.242 e. The van der Waals surface area contributed by atoms with Crippen LogP contribution >= 0.6 is 0 Å². The fraction of sp³-hybridized carbons (Fsp3) is 0.556. The number of sulfonamides is 1. The van der Waals surface area contributed by atoms with Crippen LogP contribution in [0.1, 0.15) is 32.3 Å². The lowest BCUT2D eigenvalue weighted by atomic mass is 9.93. The molecule has 0 aromatic heterocycles. The number of carbonyl (C=O) groups excluding carboxylic acids is 1. The summed E-state index contributed by atoms with van der Waals surface area (Å²) in [6.45, 7) is 4.27. The molecule has 2 aliphatic rings. The molecule has 3 rings (SSSR count). The number of piperidine rings is 1. The molecule has 1 aromatic carbocycles. The van der Waals surface area contributed by atoms with Gasteiger partial charge < -0.3 is 4.90 Å². The summed E-state index contributed by atoms with van der Waals surface area (Å²) in [4.78, 5) is 14.1. The zero-order chi connectivity index (χ0) is 18.2. The fourth-order valence-corrected chi connectivity index (χ4v) is 5.55. The van der Waals surface area contributed by atoms with Crippen LogP contribution in [0.25, 0.3) is 0 Å². The first-order chi connectivity index (χ1) is 11.8. The smallest absolute Gasteiger partial charge is 0.242 e. The standard InChI is InChI=1S/C18H23N3O3S/c1-18(2,13-19)17(22)20-10-5-7-15(12-20)25(23,24)21-11-9-14-6-3-4-8-16(14)21/h3-4,6,8,15H,5,7,9-12H2,1-2H3/t15-/m1/s1. The highest BCUT2D eigenvalue weighted by Crippen LogP contribution is 2.33. The first-order valence-corrected chi connectivity index (χ1v) is 10.1. The van der Waals surface area contributed by atoms with Gasteiger partial charge in [-0.05, 0) is 44.7 Å². The van der Waals surface area contributed by atoms with Gasteiger partial charge in [0.25, 0.3) is 0 Å². The van der Waals surface area contributed by atoms with E-state index in [9.17, 15) is 18.5 Å². The van der Waals surface area contributed by atoms with E-state index < -0.39 is 20.7 Å². The molecular weight excluding hydrogens is 338 g/mol. The molecule has 0 spiro atoms. The predicted molar refractivity (Wildman–Crippen MR) is 95.4 cm³/mol. The maximum absolute atomic E-state index is 13.2. The zero-order valence-electron chi connectivity index (χ0n) is 14.6. The van der Waals surface area contributed by atoms with Crippen LogP contribution in [-0.4, -0.2) is 44.1 Å². The van der Waals surface area contributed by atoms with Crippen LogP contribution in [0, 0.1) is 16.7 Å². The summed E-state index contributed by atoms with van der Waals surface area (Å²) in [6.07, 6.45) is 1.89. The molecule has 1 saturated heterocycles. The van der Waals surface area contributed by atoms with Gasteiger partial charge in [0.05, 0.1) is 17.0 Å². The highest BCUT2D eigenvalue weighted by atomic mass is 32.2. The van der Waals surface area contributed by atoms with Crippen molar-refractivity contribution in [3.05, 3.63) is 29.8 Å². The molecule has 2 aliphatic heterocycles. The van der Waals surface area contributed by atoms with Crippen molar-refractivity contribution in [2.75, 3.05) is 23.9 Å². The normalized spacial score (nSPS) is 20.9. The molecule has 0 radical (unpaired) electrons. The number of carbonyl (C=O) groups is 1. The van der Waals surface area contributed by atoms with Crippen molar-refractivity contribution >= 4 is 21.6 Å². The Morgan fingerprint density at radius 2 is 2.00 bits per heavy atom. The van der Waals surface area contributed by atoms with Crippen molar-refractivity contribution in [1.82, 2.24) is 4.90 Å². The molecule has 0 saturated carbocycles. The molecule has 25 heavy (non-hydrogen) atoms. The van der Waals surface area contributed by atoms with E-state index >= 15 is 0 Å². The quantitative estimate of drug-likeness (QED) is 0.824. The van der Waals surface area contributed by atoms with E-state index in [1.54, 1.807) is 13.8 Å². The van der Waals surface area contributed by atoms with Gasteiger partial charge in [0.15, 0.2) is 0 Å². The van der Waals surface area contributed by atoms with Crippen molar-refractivity contribution in [1.29, 1.82) is 5.26 Å². The average molecular weight is 361 g/mol. The third kappa shape index (κ3) is 3.11. The van der Waals surface area contributed by atoms with E-state index in [-0.39, 0.29) is 12.5 Å². The van der Waals surface area contributed by atoms with Crippen LogP contribution < -0.4 is 4.31 Å². The van der Waals surface area contributed by atoms with Crippen molar-refractivity contribution in [2.24, 2.45) is 5.41 Å². The van der Waals surface area contributed by atoms with E-state index in [0.717, 1.165) is 11.3 Å². The molecule has 2 heterocycles.